The van der Waals surface area contributed by atoms with Crippen molar-refractivity contribution in [2.24, 2.45) is 0 Å². The summed E-state index contributed by atoms with van der Waals surface area (Å²) in [5.41, 5.74) is 0.869. The molecule has 2 heterocycles. The smallest absolute Gasteiger partial charge is 0.136 e. The van der Waals surface area contributed by atoms with Crippen LogP contribution in [0, 0.1) is 0 Å². The Morgan fingerprint density at radius 2 is 1.71 bits per heavy atom. The number of anilines is 1. The highest BCUT2D eigenvalue weighted by molar-refractivity contribution is 5.94. The van der Waals surface area contributed by atoms with Crippen molar-refractivity contribution in [3.05, 3.63) is 36.0 Å². The van der Waals surface area contributed by atoms with Crippen LogP contribution < -0.4 is 4.90 Å². The van der Waals surface area contributed by atoms with E-state index in [9.17, 15) is 5.11 Å². The molecule has 1 aromatic carbocycles. The number of benzene rings is 1. The number of hydrogen-bond donors (Lipinski definition) is 2. The first-order valence-electron chi connectivity index (χ1n) is 7.39. The van der Waals surface area contributed by atoms with Gasteiger partial charge in [-0.2, -0.15) is 0 Å². The summed E-state index contributed by atoms with van der Waals surface area (Å²) < 4.78 is 0. The van der Waals surface area contributed by atoms with Crippen molar-refractivity contribution in [3.8, 4) is 0 Å². The summed E-state index contributed by atoms with van der Waals surface area (Å²) >= 11 is 0. The fraction of sp³-hybridized carbons (Fsp3) is 0.438. The fourth-order valence-electron chi connectivity index (χ4n) is 2.94. The molecule has 1 saturated heterocycles. The molecule has 0 saturated carbocycles. The highest BCUT2D eigenvalue weighted by Gasteiger charge is 2.19. The molecule has 1 aromatic heterocycles. The Morgan fingerprint density at radius 1 is 1.00 bits per heavy atom. The molecule has 0 amide bonds. The molecule has 0 aliphatic carbocycles. The number of aromatic nitrogens is 1. The number of nitrogens with zero attached hydrogens (tertiary/aromatic N) is 3. The molecule has 5 nitrogen and oxygen atoms in total. The van der Waals surface area contributed by atoms with E-state index in [1.165, 1.54) is 0 Å². The molecular weight excluding hydrogens is 266 g/mol. The zero-order chi connectivity index (χ0) is 14.7. The van der Waals surface area contributed by atoms with Crippen LogP contribution in [0.2, 0.25) is 0 Å². The van der Waals surface area contributed by atoms with E-state index in [0.717, 1.165) is 54.9 Å². The van der Waals surface area contributed by atoms with Gasteiger partial charge in [0.1, 0.15) is 5.82 Å². The molecule has 5 heteroatoms. The summed E-state index contributed by atoms with van der Waals surface area (Å²) in [5, 5.41) is 20.6. The lowest BCUT2D eigenvalue weighted by atomic mass is 10.1. The van der Waals surface area contributed by atoms with Crippen molar-refractivity contribution < 1.29 is 10.2 Å². The second-order valence-electron chi connectivity index (χ2n) is 5.36. The van der Waals surface area contributed by atoms with E-state index in [-0.39, 0.29) is 13.2 Å². The molecular formula is C16H21N3O2. The largest absolute Gasteiger partial charge is 0.395 e. The average Bonchev–Trinajstić information content (AvgIpc) is 2.55. The van der Waals surface area contributed by atoms with Gasteiger partial charge in [0, 0.05) is 49.9 Å². The number of β-amino-alcohol motifs (C(OH)–C–C–N with tert-alkyl or cyclic N) is 1. The first-order chi connectivity index (χ1) is 10.3. The number of piperazine rings is 1. The van der Waals surface area contributed by atoms with Crippen molar-refractivity contribution >= 4 is 16.6 Å². The molecule has 0 unspecified atom stereocenters. The van der Waals surface area contributed by atoms with Gasteiger partial charge in [0.15, 0.2) is 0 Å². The van der Waals surface area contributed by atoms with Crippen molar-refractivity contribution in [1.82, 2.24) is 9.88 Å². The molecule has 21 heavy (non-hydrogen) atoms. The van der Waals surface area contributed by atoms with Gasteiger partial charge in [0.2, 0.25) is 0 Å². The fourth-order valence-corrected chi connectivity index (χ4v) is 2.94. The van der Waals surface area contributed by atoms with Crippen LogP contribution in [-0.2, 0) is 6.61 Å². The second-order valence-corrected chi connectivity index (χ2v) is 5.36. The summed E-state index contributed by atoms with van der Waals surface area (Å²) in [6, 6.07) is 8.10. The van der Waals surface area contributed by atoms with Crippen molar-refractivity contribution in [2.75, 3.05) is 44.2 Å². The summed E-state index contributed by atoms with van der Waals surface area (Å²) in [6.07, 6.45) is 1.78. The maximum Gasteiger partial charge on any atom is 0.136 e. The molecule has 3 rings (SSSR count). The van der Waals surface area contributed by atoms with E-state index in [1.54, 1.807) is 6.20 Å². The minimum absolute atomic E-state index is 0.0120. The molecule has 0 bridgehead atoms. The van der Waals surface area contributed by atoms with Gasteiger partial charge in [-0.25, -0.2) is 4.98 Å². The molecule has 0 atom stereocenters. The molecule has 0 radical (unpaired) electrons. The third-order valence-electron chi connectivity index (χ3n) is 4.11. The molecule has 112 valence electrons. The van der Waals surface area contributed by atoms with Crippen LogP contribution in [0.3, 0.4) is 0 Å². The van der Waals surface area contributed by atoms with Crippen molar-refractivity contribution in [1.29, 1.82) is 0 Å². The number of aliphatic hydroxyl groups excluding tert-OH is 2. The van der Waals surface area contributed by atoms with Crippen molar-refractivity contribution in [2.45, 2.75) is 6.61 Å². The van der Waals surface area contributed by atoms with Gasteiger partial charge in [-0.1, -0.05) is 24.3 Å². The summed E-state index contributed by atoms with van der Waals surface area (Å²) in [7, 11) is 0. The predicted octanol–water partition coefficient (Wildman–Crippen LogP) is 0.841. The Kier molecular flexibility index (Phi) is 4.34. The van der Waals surface area contributed by atoms with Gasteiger partial charge in [-0.3, -0.25) is 4.90 Å². The monoisotopic (exact) mass is 287 g/mol. The van der Waals surface area contributed by atoms with Crippen LogP contribution in [0.4, 0.5) is 5.82 Å². The van der Waals surface area contributed by atoms with E-state index in [2.05, 4.69) is 20.9 Å². The van der Waals surface area contributed by atoms with Crippen LogP contribution in [0.15, 0.2) is 30.5 Å². The minimum atomic E-state index is 0.0120. The number of fused-ring (bicyclic) bond motifs is 1. The number of hydrogen-bond acceptors (Lipinski definition) is 5. The molecule has 0 spiro atoms. The van der Waals surface area contributed by atoms with Gasteiger partial charge in [0.05, 0.1) is 13.2 Å². The SMILES string of the molecule is OCCN1CCN(c2ncc(CO)c3ccccc23)CC1. The highest BCUT2D eigenvalue weighted by Crippen LogP contribution is 2.27. The average molecular weight is 287 g/mol. The molecule has 1 fully saturated rings. The zero-order valence-corrected chi connectivity index (χ0v) is 12.1. The first-order valence-corrected chi connectivity index (χ1v) is 7.39. The molecule has 1 aliphatic heterocycles. The van der Waals surface area contributed by atoms with E-state index in [1.807, 2.05) is 18.2 Å². The number of aliphatic hydroxyl groups is 2. The predicted molar refractivity (Wildman–Crippen MR) is 83.4 cm³/mol. The second kappa shape index (κ2) is 6.39. The Labute approximate surface area is 124 Å². The van der Waals surface area contributed by atoms with E-state index < -0.39 is 0 Å². The van der Waals surface area contributed by atoms with Gasteiger partial charge >= 0.3 is 0 Å². The van der Waals surface area contributed by atoms with Gasteiger partial charge in [-0.15, -0.1) is 0 Å². The highest BCUT2D eigenvalue weighted by atomic mass is 16.3. The molecule has 2 aromatic rings. The Bertz CT molecular complexity index is 609. The molecule has 1 aliphatic rings. The van der Waals surface area contributed by atoms with Gasteiger partial charge in [0.25, 0.3) is 0 Å². The van der Waals surface area contributed by atoms with Crippen LogP contribution in [-0.4, -0.2) is 59.4 Å². The number of pyridine rings is 1. The lowest BCUT2D eigenvalue weighted by Gasteiger charge is -2.35. The summed E-state index contributed by atoms with van der Waals surface area (Å²) in [6.45, 7) is 4.68. The number of rotatable bonds is 4. The molecule has 2 N–H and O–H groups in total. The standard InChI is InChI=1S/C16H21N3O2/c20-10-9-18-5-7-19(8-6-18)16-15-4-2-1-3-14(15)13(12-21)11-17-16/h1-4,11,20-21H,5-10,12H2. The van der Waals surface area contributed by atoms with Gasteiger partial charge < -0.3 is 15.1 Å². The van der Waals surface area contributed by atoms with E-state index >= 15 is 0 Å². The van der Waals surface area contributed by atoms with E-state index in [4.69, 9.17) is 5.11 Å². The summed E-state index contributed by atoms with van der Waals surface area (Å²) in [4.78, 5) is 9.12. The van der Waals surface area contributed by atoms with Crippen molar-refractivity contribution in [3.63, 3.8) is 0 Å². The normalized spacial score (nSPS) is 16.6. The minimum Gasteiger partial charge on any atom is -0.395 e. The van der Waals surface area contributed by atoms with Crippen LogP contribution >= 0.6 is 0 Å². The lowest BCUT2D eigenvalue weighted by molar-refractivity contribution is 0.188. The first kappa shape index (κ1) is 14.3. The third kappa shape index (κ3) is 2.85. The quantitative estimate of drug-likeness (QED) is 0.873. The zero-order valence-electron chi connectivity index (χ0n) is 12.1. The lowest BCUT2D eigenvalue weighted by Crippen LogP contribution is -2.47. The maximum atomic E-state index is 9.45. The van der Waals surface area contributed by atoms with Gasteiger partial charge in [-0.05, 0) is 5.39 Å². The van der Waals surface area contributed by atoms with Crippen LogP contribution in [0.25, 0.3) is 10.8 Å². The Balaban J connectivity index is 1.88. The topological polar surface area (TPSA) is 59.8 Å². The van der Waals surface area contributed by atoms with Crippen LogP contribution in [0.1, 0.15) is 5.56 Å². The summed E-state index contributed by atoms with van der Waals surface area (Å²) in [5.74, 6) is 0.992. The Hall–Kier alpha value is -1.69. The van der Waals surface area contributed by atoms with Crippen LogP contribution in [0.5, 0.6) is 0 Å². The van der Waals surface area contributed by atoms with E-state index in [0.29, 0.717) is 0 Å². The third-order valence-corrected chi connectivity index (χ3v) is 4.11. The maximum absolute atomic E-state index is 9.45. The Morgan fingerprint density at radius 3 is 2.38 bits per heavy atom.